The lowest BCUT2D eigenvalue weighted by atomic mass is 10.3. The Morgan fingerprint density at radius 1 is 1.42 bits per heavy atom. The lowest BCUT2D eigenvalue weighted by Crippen LogP contribution is -2.10. The maximum Gasteiger partial charge on any atom is 0.316 e. The molecule has 0 radical (unpaired) electrons. The van der Waals surface area contributed by atoms with Gasteiger partial charge in [0.15, 0.2) is 0 Å². The number of non-ortho nitro benzene ring substituents is 1. The predicted octanol–water partition coefficient (Wildman–Crippen LogP) is 3.46. The van der Waals surface area contributed by atoms with Gasteiger partial charge in [-0.2, -0.15) is 0 Å². The van der Waals surface area contributed by atoms with Crippen LogP contribution in [0.2, 0.25) is 5.02 Å². The highest BCUT2D eigenvalue weighted by atomic mass is 35.5. The minimum Gasteiger partial charge on any atom is -0.425 e. The predicted molar refractivity (Wildman–Crippen MR) is 71.8 cm³/mol. The molecule has 1 aromatic heterocycles. The van der Waals surface area contributed by atoms with Crippen molar-refractivity contribution in [2.24, 2.45) is 0 Å². The van der Waals surface area contributed by atoms with Crippen molar-refractivity contribution in [1.82, 2.24) is 0 Å². The third kappa shape index (κ3) is 3.52. The standard InChI is InChI=1S/C12H8ClNO4S/c13-10-6-8(14(16)17)3-4-11(10)18-12(15)7-9-2-1-5-19-9/h1-6H,7H2. The number of carbonyl (C=O) groups excluding carboxylic acids is 1. The fourth-order valence-corrected chi connectivity index (χ4v) is 2.30. The lowest BCUT2D eigenvalue weighted by molar-refractivity contribution is -0.384. The quantitative estimate of drug-likeness (QED) is 0.375. The van der Waals surface area contributed by atoms with Gasteiger partial charge in [-0.15, -0.1) is 11.3 Å². The molecule has 98 valence electrons. The summed E-state index contributed by atoms with van der Waals surface area (Å²) in [6.45, 7) is 0. The van der Waals surface area contributed by atoms with Crippen molar-refractivity contribution in [1.29, 1.82) is 0 Å². The van der Waals surface area contributed by atoms with E-state index in [-0.39, 0.29) is 22.9 Å². The Labute approximate surface area is 117 Å². The van der Waals surface area contributed by atoms with Crippen LogP contribution in [0.4, 0.5) is 5.69 Å². The monoisotopic (exact) mass is 297 g/mol. The molecule has 0 unspecified atom stereocenters. The van der Waals surface area contributed by atoms with E-state index in [2.05, 4.69) is 0 Å². The summed E-state index contributed by atoms with van der Waals surface area (Å²) in [5.41, 5.74) is -0.150. The van der Waals surface area contributed by atoms with Crippen molar-refractivity contribution in [3.8, 4) is 5.75 Å². The molecule has 1 heterocycles. The van der Waals surface area contributed by atoms with Crippen molar-refractivity contribution in [2.75, 3.05) is 0 Å². The summed E-state index contributed by atoms with van der Waals surface area (Å²) in [5, 5.41) is 12.4. The lowest BCUT2D eigenvalue weighted by Gasteiger charge is -2.05. The van der Waals surface area contributed by atoms with Crippen LogP contribution in [0.15, 0.2) is 35.7 Å². The fraction of sp³-hybridized carbons (Fsp3) is 0.0833. The first-order valence-corrected chi connectivity index (χ1v) is 6.49. The molecule has 2 rings (SSSR count). The van der Waals surface area contributed by atoms with Crippen LogP contribution in [0.5, 0.6) is 5.75 Å². The summed E-state index contributed by atoms with van der Waals surface area (Å²) < 4.78 is 5.07. The minimum atomic E-state index is -0.566. The van der Waals surface area contributed by atoms with Gasteiger partial charge in [0.2, 0.25) is 0 Å². The van der Waals surface area contributed by atoms with Crippen molar-refractivity contribution in [2.45, 2.75) is 6.42 Å². The number of nitro benzene ring substituents is 1. The zero-order valence-corrected chi connectivity index (χ0v) is 11.1. The molecule has 1 aromatic carbocycles. The van der Waals surface area contributed by atoms with Crippen molar-refractivity contribution >= 4 is 34.6 Å². The number of thiophene rings is 1. The topological polar surface area (TPSA) is 69.4 Å². The molecule has 19 heavy (non-hydrogen) atoms. The Morgan fingerprint density at radius 3 is 2.79 bits per heavy atom. The molecule has 0 bridgehead atoms. The largest absolute Gasteiger partial charge is 0.425 e. The second-order valence-electron chi connectivity index (χ2n) is 3.60. The van der Waals surface area contributed by atoms with Crippen LogP contribution >= 0.6 is 22.9 Å². The van der Waals surface area contributed by atoms with Gasteiger partial charge in [-0.1, -0.05) is 17.7 Å². The SMILES string of the molecule is O=C(Cc1cccs1)Oc1ccc([N+](=O)[O-])cc1Cl. The molecule has 0 aliphatic carbocycles. The van der Waals surface area contributed by atoms with E-state index in [1.54, 1.807) is 0 Å². The summed E-state index contributed by atoms with van der Waals surface area (Å²) in [7, 11) is 0. The second kappa shape index (κ2) is 5.81. The molecule has 0 aliphatic rings. The minimum absolute atomic E-state index is 0.0359. The smallest absolute Gasteiger partial charge is 0.316 e. The van der Waals surface area contributed by atoms with Crippen LogP contribution in [0, 0.1) is 10.1 Å². The number of nitrogens with zero attached hydrogens (tertiary/aromatic N) is 1. The zero-order valence-electron chi connectivity index (χ0n) is 9.54. The van der Waals surface area contributed by atoms with Crippen molar-refractivity contribution in [3.63, 3.8) is 0 Å². The molecule has 0 atom stereocenters. The number of hydrogen-bond donors (Lipinski definition) is 0. The fourth-order valence-electron chi connectivity index (χ4n) is 1.40. The van der Waals surface area contributed by atoms with E-state index in [1.807, 2.05) is 17.5 Å². The molecule has 0 amide bonds. The molecular formula is C12H8ClNO4S. The summed E-state index contributed by atoms with van der Waals surface area (Å²) in [6.07, 6.45) is 0.144. The highest BCUT2D eigenvalue weighted by Gasteiger charge is 2.13. The summed E-state index contributed by atoms with van der Waals surface area (Å²) >= 11 is 7.27. The molecular weight excluding hydrogens is 290 g/mol. The maximum absolute atomic E-state index is 11.6. The Hall–Kier alpha value is -1.92. The number of hydrogen-bond acceptors (Lipinski definition) is 5. The Bertz CT molecular complexity index is 612. The normalized spacial score (nSPS) is 10.2. The number of ether oxygens (including phenoxy) is 1. The summed E-state index contributed by atoms with van der Waals surface area (Å²) in [6, 6.07) is 7.36. The van der Waals surface area contributed by atoms with E-state index < -0.39 is 10.9 Å². The highest BCUT2D eigenvalue weighted by molar-refractivity contribution is 7.10. The first-order chi connectivity index (χ1) is 9.06. The van der Waals surface area contributed by atoms with Crippen LogP contribution < -0.4 is 4.74 Å². The van der Waals surface area contributed by atoms with E-state index in [0.29, 0.717) is 0 Å². The number of carbonyl (C=O) groups is 1. The first kappa shape index (κ1) is 13.5. The number of nitro groups is 1. The number of esters is 1. The van der Waals surface area contributed by atoms with E-state index in [0.717, 1.165) is 10.9 Å². The van der Waals surface area contributed by atoms with Crippen LogP contribution in [-0.2, 0) is 11.2 Å². The number of benzene rings is 1. The van der Waals surface area contributed by atoms with Gasteiger partial charge >= 0.3 is 5.97 Å². The van der Waals surface area contributed by atoms with Crippen LogP contribution in [0.3, 0.4) is 0 Å². The van der Waals surface area contributed by atoms with Gasteiger partial charge in [0.25, 0.3) is 5.69 Å². The molecule has 2 aromatic rings. The van der Waals surface area contributed by atoms with Gasteiger partial charge < -0.3 is 4.74 Å². The van der Waals surface area contributed by atoms with E-state index in [4.69, 9.17) is 16.3 Å². The molecule has 0 saturated carbocycles. The molecule has 0 fully saturated rings. The molecule has 7 heteroatoms. The summed E-state index contributed by atoms with van der Waals surface area (Å²) in [5.74, 6) is -0.341. The second-order valence-corrected chi connectivity index (χ2v) is 5.04. The Morgan fingerprint density at radius 2 is 2.21 bits per heavy atom. The zero-order chi connectivity index (χ0) is 13.8. The van der Waals surface area contributed by atoms with E-state index in [9.17, 15) is 14.9 Å². The van der Waals surface area contributed by atoms with Gasteiger partial charge in [0.05, 0.1) is 16.4 Å². The van der Waals surface area contributed by atoms with Crippen LogP contribution in [0.1, 0.15) is 4.88 Å². The molecule has 5 nitrogen and oxygen atoms in total. The number of halogens is 1. The Kier molecular flexibility index (Phi) is 4.13. The third-order valence-electron chi connectivity index (χ3n) is 2.25. The van der Waals surface area contributed by atoms with E-state index >= 15 is 0 Å². The van der Waals surface area contributed by atoms with Gasteiger partial charge in [-0.05, 0) is 17.5 Å². The molecule has 0 N–H and O–H groups in total. The average molecular weight is 298 g/mol. The van der Waals surface area contributed by atoms with Crippen LogP contribution in [-0.4, -0.2) is 10.9 Å². The van der Waals surface area contributed by atoms with Gasteiger partial charge in [-0.25, -0.2) is 0 Å². The number of rotatable bonds is 4. The van der Waals surface area contributed by atoms with Gasteiger partial charge in [0.1, 0.15) is 5.75 Å². The molecule has 0 saturated heterocycles. The van der Waals surface area contributed by atoms with Crippen molar-refractivity contribution in [3.05, 3.63) is 55.7 Å². The first-order valence-electron chi connectivity index (χ1n) is 5.23. The average Bonchev–Trinajstić information content (AvgIpc) is 2.84. The van der Waals surface area contributed by atoms with Gasteiger partial charge in [-0.3, -0.25) is 14.9 Å². The summed E-state index contributed by atoms with van der Waals surface area (Å²) in [4.78, 5) is 22.5. The maximum atomic E-state index is 11.6. The third-order valence-corrected chi connectivity index (χ3v) is 3.42. The van der Waals surface area contributed by atoms with Crippen molar-refractivity contribution < 1.29 is 14.5 Å². The van der Waals surface area contributed by atoms with Gasteiger partial charge in [0, 0.05) is 17.0 Å². The highest BCUT2D eigenvalue weighted by Crippen LogP contribution is 2.29. The Balaban J connectivity index is 2.07. The van der Waals surface area contributed by atoms with E-state index in [1.165, 1.54) is 23.5 Å². The molecule has 0 aliphatic heterocycles. The van der Waals surface area contributed by atoms with Crippen LogP contribution in [0.25, 0.3) is 0 Å². The molecule has 0 spiro atoms.